The molecule has 5 rings (SSSR count). The average molecular weight is 533 g/mol. The molecule has 1 aromatic heterocycles. The summed E-state index contributed by atoms with van der Waals surface area (Å²) in [5.74, 6) is 7.36. The van der Waals surface area contributed by atoms with Gasteiger partial charge in [0.1, 0.15) is 11.5 Å². The first kappa shape index (κ1) is 26.9. The number of amides is 1. The molecule has 0 saturated heterocycles. The highest BCUT2D eigenvalue weighted by molar-refractivity contribution is 5.97. The Hall–Kier alpha value is -4.73. The summed E-state index contributed by atoms with van der Waals surface area (Å²) >= 11 is 0. The Bertz CT molecular complexity index is 1720. The molecule has 0 radical (unpaired) electrons. The van der Waals surface area contributed by atoms with Crippen molar-refractivity contribution < 1.29 is 19.4 Å². The Morgan fingerprint density at radius 1 is 0.950 bits per heavy atom. The highest BCUT2D eigenvalue weighted by Gasteiger charge is 2.19. The Kier molecular flexibility index (Phi) is 8.04. The van der Waals surface area contributed by atoms with E-state index in [1.807, 2.05) is 86.8 Å². The van der Waals surface area contributed by atoms with E-state index in [4.69, 9.17) is 9.47 Å². The van der Waals surface area contributed by atoms with Gasteiger partial charge in [-0.3, -0.25) is 4.79 Å². The van der Waals surface area contributed by atoms with Crippen molar-refractivity contribution in [2.75, 3.05) is 13.7 Å². The molecule has 40 heavy (non-hydrogen) atoms. The van der Waals surface area contributed by atoms with Gasteiger partial charge in [0, 0.05) is 28.2 Å². The van der Waals surface area contributed by atoms with E-state index < -0.39 is 6.04 Å². The molecule has 1 amide bonds. The molecule has 3 N–H and O–H groups in total. The molecule has 5 aromatic rings. The monoisotopic (exact) mass is 532 g/mol. The number of aromatic nitrogens is 1. The standard InChI is InChI=1S/C34H32N2O4/c1-22(2)40-33-15-11-24(9-8-23-10-12-26-19-29(39-3)14-13-25(26)16-23)17-31(33)34(38)36-28(21-37)18-27-20-35-32-7-5-4-6-30(27)32/h4-7,10-17,19-20,22,28,35,37H,18,21H2,1-3H3,(H,36,38)/t28-/m1/s1. The van der Waals surface area contributed by atoms with Crippen molar-refractivity contribution in [2.24, 2.45) is 0 Å². The van der Waals surface area contributed by atoms with Crippen LogP contribution in [0.4, 0.5) is 0 Å². The number of hydrogen-bond donors (Lipinski definition) is 3. The smallest absolute Gasteiger partial charge is 0.255 e. The molecule has 0 unspecified atom stereocenters. The van der Waals surface area contributed by atoms with E-state index in [0.29, 0.717) is 23.3 Å². The van der Waals surface area contributed by atoms with Crippen LogP contribution in [-0.4, -0.2) is 41.9 Å². The maximum absolute atomic E-state index is 13.5. The molecule has 1 heterocycles. The zero-order valence-electron chi connectivity index (χ0n) is 22.8. The molecule has 0 spiro atoms. The Morgan fingerprint density at radius 3 is 2.45 bits per heavy atom. The van der Waals surface area contributed by atoms with E-state index in [1.165, 1.54) is 0 Å². The van der Waals surface area contributed by atoms with Crippen molar-refractivity contribution in [3.05, 3.63) is 107 Å². The molecule has 4 aromatic carbocycles. The number of methoxy groups -OCH3 is 1. The second kappa shape index (κ2) is 12.0. The van der Waals surface area contributed by atoms with Gasteiger partial charge in [-0.25, -0.2) is 0 Å². The largest absolute Gasteiger partial charge is 0.497 e. The molecular formula is C34H32N2O4. The number of rotatable bonds is 8. The van der Waals surface area contributed by atoms with Gasteiger partial charge < -0.3 is 24.9 Å². The second-order valence-corrected chi connectivity index (χ2v) is 9.97. The zero-order valence-corrected chi connectivity index (χ0v) is 22.8. The van der Waals surface area contributed by atoms with E-state index >= 15 is 0 Å². The molecule has 0 bridgehead atoms. The number of para-hydroxylation sites is 1. The lowest BCUT2D eigenvalue weighted by Crippen LogP contribution is -2.39. The maximum atomic E-state index is 13.5. The van der Waals surface area contributed by atoms with Gasteiger partial charge in [-0.05, 0) is 85.1 Å². The average Bonchev–Trinajstić information content (AvgIpc) is 3.38. The summed E-state index contributed by atoms with van der Waals surface area (Å²) in [7, 11) is 1.65. The molecule has 0 fully saturated rings. The minimum absolute atomic E-state index is 0.112. The van der Waals surface area contributed by atoms with E-state index in [2.05, 4.69) is 22.1 Å². The summed E-state index contributed by atoms with van der Waals surface area (Å²) in [5.41, 5.74) is 3.98. The van der Waals surface area contributed by atoms with Crippen LogP contribution in [0.1, 0.15) is 40.9 Å². The summed E-state index contributed by atoms with van der Waals surface area (Å²) in [4.78, 5) is 16.7. The summed E-state index contributed by atoms with van der Waals surface area (Å²) < 4.78 is 11.3. The van der Waals surface area contributed by atoms with Gasteiger partial charge in [-0.15, -0.1) is 0 Å². The molecular weight excluding hydrogens is 500 g/mol. The fourth-order valence-corrected chi connectivity index (χ4v) is 4.71. The van der Waals surface area contributed by atoms with Crippen LogP contribution >= 0.6 is 0 Å². The number of aliphatic hydroxyl groups excluding tert-OH is 1. The molecule has 0 saturated carbocycles. The molecule has 0 aliphatic carbocycles. The van der Waals surface area contributed by atoms with Gasteiger partial charge in [0.2, 0.25) is 0 Å². The lowest BCUT2D eigenvalue weighted by molar-refractivity contribution is 0.0910. The fraction of sp³-hybridized carbons (Fsp3) is 0.206. The summed E-state index contributed by atoms with van der Waals surface area (Å²) in [6.07, 6.45) is 2.30. The van der Waals surface area contributed by atoms with Crippen LogP contribution in [0, 0.1) is 11.8 Å². The first-order valence-electron chi connectivity index (χ1n) is 13.3. The Morgan fingerprint density at radius 2 is 1.68 bits per heavy atom. The van der Waals surface area contributed by atoms with Gasteiger partial charge in [-0.2, -0.15) is 0 Å². The third-order valence-electron chi connectivity index (χ3n) is 6.68. The first-order chi connectivity index (χ1) is 19.4. The van der Waals surface area contributed by atoms with Crippen LogP contribution in [0.5, 0.6) is 11.5 Å². The van der Waals surface area contributed by atoms with Crippen molar-refractivity contribution in [3.8, 4) is 23.3 Å². The topological polar surface area (TPSA) is 83.6 Å². The van der Waals surface area contributed by atoms with Crippen molar-refractivity contribution >= 4 is 27.6 Å². The minimum atomic E-state index is -0.468. The van der Waals surface area contributed by atoms with Crippen molar-refractivity contribution in [1.29, 1.82) is 0 Å². The van der Waals surface area contributed by atoms with Gasteiger partial charge in [0.15, 0.2) is 0 Å². The predicted octanol–water partition coefficient (Wildman–Crippen LogP) is 5.85. The molecule has 0 aliphatic rings. The molecule has 1 atom stereocenters. The minimum Gasteiger partial charge on any atom is -0.497 e. The van der Waals surface area contributed by atoms with Gasteiger partial charge in [-0.1, -0.05) is 42.2 Å². The van der Waals surface area contributed by atoms with Crippen LogP contribution in [0.3, 0.4) is 0 Å². The Labute approximate surface area is 233 Å². The van der Waals surface area contributed by atoms with Gasteiger partial charge in [0.25, 0.3) is 5.91 Å². The molecule has 202 valence electrons. The third kappa shape index (κ3) is 6.12. The lowest BCUT2D eigenvalue weighted by Gasteiger charge is -2.19. The van der Waals surface area contributed by atoms with Crippen LogP contribution in [0.2, 0.25) is 0 Å². The number of aromatic amines is 1. The number of aliphatic hydroxyl groups is 1. The Balaban J connectivity index is 1.39. The van der Waals surface area contributed by atoms with Crippen LogP contribution < -0.4 is 14.8 Å². The molecule has 6 nitrogen and oxygen atoms in total. The maximum Gasteiger partial charge on any atom is 0.255 e. The number of benzene rings is 4. The van der Waals surface area contributed by atoms with Gasteiger partial charge in [0.05, 0.1) is 31.4 Å². The lowest BCUT2D eigenvalue weighted by atomic mass is 10.0. The highest BCUT2D eigenvalue weighted by atomic mass is 16.5. The number of fused-ring (bicyclic) bond motifs is 2. The van der Waals surface area contributed by atoms with Crippen molar-refractivity contribution in [2.45, 2.75) is 32.4 Å². The third-order valence-corrected chi connectivity index (χ3v) is 6.68. The van der Waals surface area contributed by atoms with Crippen LogP contribution in [0.15, 0.2) is 85.1 Å². The summed E-state index contributed by atoms with van der Waals surface area (Å²) in [6.45, 7) is 3.63. The molecule has 0 aliphatic heterocycles. The zero-order chi connectivity index (χ0) is 28.1. The second-order valence-electron chi connectivity index (χ2n) is 9.97. The number of nitrogens with one attached hydrogen (secondary N) is 2. The predicted molar refractivity (Wildman–Crippen MR) is 159 cm³/mol. The van der Waals surface area contributed by atoms with Crippen molar-refractivity contribution in [3.63, 3.8) is 0 Å². The fourth-order valence-electron chi connectivity index (χ4n) is 4.71. The molecule has 6 heteroatoms. The number of H-pyrrole nitrogens is 1. The van der Waals surface area contributed by atoms with Crippen LogP contribution in [-0.2, 0) is 6.42 Å². The number of carbonyl (C=O) groups is 1. The summed E-state index contributed by atoms with van der Waals surface area (Å²) in [5, 5.41) is 16.3. The van der Waals surface area contributed by atoms with E-state index in [-0.39, 0.29) is 18.6 Å². The first-order valence-corrected chi connectivity index (χ1v) is 13.3. The number of ether oxygens (including phenoxy) is 2. The SMILES string of the molecule is COc1ccc2cc(C#Cc3ccc(OC(C)C)c(C(=O)N[C@@H](CO)Cc4c[nH]c5ccccc45)c3)ccc2c1. The number of carbonyl (C=O) groups excluding carboxylic acids is 1. The highest BCUT2D eigenvalue weighted by Crippen LogP contribution is 2.24. The van der Waals surface area contributed by atoms with Gasteiger partial charge >= 0.3 is 0 Å². The summed E-state index contributed by atoms with van der Waals surface area (Å²) in [6, 6.07) is 24.8. The number of hydrogen-bond acceptors (Lipinski definition) is 4. The van der Waals surface area contributed by atoms with E-state index in [9.17, 15) is 9.90 Å². The van der Waals surface area contributed by atoms with E-state index in [0.717, 1.165) is 38.6 Å². The van der Waals surface area contributed by atoms with Crippen LogP contribution in [0.25, 0.3) is 21.7 Å². The van der Waals surface area contributed by atoms with Crippen molar-refractivity contribution in [1.82, 2.24) is 10.3 Å². The quantitative estimate of drug-likeness (QED) is 0.219. The normalized spacial score (nSPS) is 11.7. The van der Waals surface area contributed by atoms with E-state index in [1.54, 1.807) is 19.2 Å².